The lowest BCUT2D eigenvalue weighted by molar-refractivity contribution is 0.290. The summed E-state index contributed by atoms with van der Waals surface area (Å²) in [6, 6.07) is 6.86. The Morgan fingerprint density at radius 2 is 2.00 bits per heavy atom. The van der Waals surface area contributed by atoms with E-state index in [-0.39, 0.29) is 0 Å². The van der Waals surface area contributed by atoms with Crippen molar-refractivity contribution in [3.63, 3.8) is 0 Å². The second-order valence-corrected chi connectivity index (χ2v) is 5.12. The van der Waals surface area contributed by atoms with Gasteiger partial charge in [-0.05, 0) is 43.7 Å². The van der Waals surface area contributed by atoms with Crippen molar-refractivity contribution >= 4 is 0 Å². The van der Waals surface area contributed by atoms with E-state index in [4.69, 9.17) is 0 Å². The van der Waals surface area contributed by atoms with Gasteiger partial charge in [0.15, 0.2) is 0 Å². The fourth-order valence-corrected chi connectivity index (χ4v) is 2.49. The van der Waals surface area contributed by atoms with Gasteiger partial charge in [-0.15, -0.1) is 0 Å². The van der Waals surface area contributed by atoms with E-state index >= 15 is 0 Å². The Kier molecular flexibility index (Phi) is 3.45. The van der Waals surface area contributed by atoms with Crippen molar-refractivity contribution in [3.05, 3.63) is 34.9 Å². The third kappa shape index (κ3) is 2.84. The third-order valence-electron chi connectivity index (χ3n) is 3.78. The van der Waals surface area contributed by atoms with Crippen molar-refractivity contribution < 1.29 is 0 Å². The lowest BCUT2D eigenvalue weighted by atomic mass is 9.81. The molecule has 0 atom stereocenters. The number of aryl methyl sites for hydroxylation is 3. The maximum Gasteiger partial charge on any atom is -0.0276 e. The minimum Gasteiger partial charge on any atom is -0.0590 e. The average molecular weight is 202 g/mol. The molecule has 1 saturated carbocycles. The van der Waals surface area contributed by atoms with Crippen LogP contribution in [0.5, 0.6) is 0 Å². The van der Waals surface area contributed by atoms with E-state index in [1.165, 1.54) is 49.7 Å². The van der Waals surface area contributed by atoms with E-state index < -0.39 is 0 Å². The standard InChI is InChI=1S/C15H22/c1-12-9-10-15(13(2)11-12)8-4-7-14-5-3-6-14/h9-11,14H,3-8H2,1-2H3. The molecule has 0 spiro atoms. The number of benzene rings is 1. The van der Waals surface area contributed by atoms with Crippen LogP contribution in [0.3, 0.4) is 0 Å². The molecule has 0 heterocycles. The fraction of sp³-hybridized carbons (Fsp3) is 0.600. The molecule has 1 aromatic carbocycles. The number of hydrogen-bond donors (Lipinski definition) is 0. The van der Waals surface area contributed by atoms with Crippen molar-refractivity contribution in [2.24, 2.45) is 5.92 Å². The van der Waals surface area contributed by atoms with Crippen LogP contribution >= 0.6 is 0 Å². The predicted molar refractivity (Wildman–Crippen MR) is 66.2 cm³/mol. The third-order valence-corrected chi connectivity index (χ3v) is 3.78. The second-order valence-electron chi connectivity index (χ2n) is 5.12. The summed E-state index contributed by atoms with van der Waals surface area (Å²) in [5.74, 6) is 1.07. The summed E-state index contributed by atoms with van der Waals surface area (Å²) in [5.41, 5.74) is 4.42. The molecule has 1 aliphatic rings. The Morgan fingerprint density at radius 3 is 2.60 bits per heavy atom. The Morgan fingerprint density at radius 1 is 1.20 bits per heavy atom. The molecule has 1 fully saturated rings. The molecule has 0 nitrogen and oxygen atoms in total. The van der Waals surface area contributed by atoms with Crippen molar-refractivity contribution in [1.82, 2.24) is 0 Å². The van der Waals surface area contributed by atoms with Gasteiger partial charge in [0.1, 0.15) is 0 Å². The first-order valence-electron chi connectivity index (χ1n) is 6.32. The summed E-state index contributed by atoms with van der Waals surface area (Å²) in [5, 5.41) is 0. The summed E-state index contributed by atoms with van der Waals surface area (Å²) in [6.45, 7) is 4.41. The van der Waals surface area contributed by atoms with Crippen LogP contribution in [0.15, 0.2) is 18.2 Å². The van der Waals surface area contributed by atoms with Crippen LogP contribution in [0.25, 0.3) is 0 Å². The van der Waals surface area contributed by atoms with Gasteiger partial charge in [-0.2, -0.15) is 0 Å². The van der Waals surface area contributed by atoms with E-state index in [0.29, 0.717) is 0 Å². The van der Waals surface area contributed by atoms with E-state index in [0.717, 1.165) is 5.92 Å². The van der Waals surface area contributed by atoms with Crippen LogP contribution in [-0.4, -0.2) is 0 Å². The highest BCUT2D eigenvalue weighted by Gasteiger charge is 2.16. The maximum atomic E-state index is 2.31. The van der Waals surface area contributed by atoms with Crippen molar-refractivity contribution in [1.29, 1.82) is 0 Å². The average Bonchev–Trinajstić information content (AvgIpc) is 2.12. The molecular formula is C15H22. The van der Waals surface area contributed by atoms with E-state index in [1.54, 1.807) is 5.56 Å². The molecule has 1 aliphatic carbocycles. The molecule has 82 valence electrons. The summed E-state index contributed by atoms with van der Waals surface area (Å²) < 4.78 is 0. The lowest BCUT2D eigenvalue weighted by Gasteiger charge is -2.25. The fourth-order valence-electron chi connectivity index (χ4n) is 2.49. The van der Waals surface area contributed by atoms with Gasteiger partial charge in [0.25, 0.3) is 0 Å². The largest absolute Gasteiger partial charge is 0.0590 e. The Bertz CT molecular complexity index is 321. The molecular weight excluding hydrogens is 180 g/mol. The van der Waals surface area contributed by atoms with E-state index in [1.807, 2.05) is 0 Å². The molecule has 0 radical (unpaired) electrons. The Hall–Kier alpha value is -0.780. The van der Waals surface area contributed by atoms with Gasteiger partial charge >= 0.3 is 0 Å². The Labute approximate surface area is 93.7 Å². The van der Waals surface area contributed by atoms with E-state index in [2.05, 4.69) is 32.0 Å². The number of rotatable bonds is 4. The zero-order chi connectivity index (χ0) is 10.7. The van der Waals surface area contributed by atoms with Gasteiger partial charge in [-0.1, -0.05) is 49.4 Å². The van der Waals surface area contributed by atoms with Crippen LogP contribution in [0, 0.1) is 19.8 Å². The van der Waals surface area contributed by atoms with Gasteiger partial charge in [0, 0.05) is 0 Å². The highest BCUT2D eigenvalue weighted by molar-refractivity contribution is 5.30. The molecule has 1 aromatic rings. The molecule has 2 rings (SSSR count). The van der Waals surface area contributed by atoms with Gasteiger partial charge in [0.05, 0.1) is 0 Å². The second kappa shape index (κ2) is 4.83. The minimum atomic E-state index is 1.07. The normalized spacial score (nSPS) is 16.4. The molecule has 0 N–H and O–H groups in total. The summed E-state index contributed by atoms with van der Waals surface area (Å²) in [4.78, 5) is 0. The molecule has 0 bridgehead atoms. The highest BCUT2D eigenvalue weighted by atomic mass is 14.2. The zero-order valence-corrected chi connectivity index (χ0v) is 10.1. The van der Waals surface area contributed by atoms with Gasteiger partial charge in [-0.25, -0.2) is 0 Å². The topological polar surface area (TPSA) is 0 Å². The van der Waals surface area contributed by atoms with Gasteiger partial charge in [-0.3, -0.25) is 0 Å². The monoisotopic (exact) mass is 202 g/mol. The highest BCUT2D eigenvalue weighted by Crippen LogP contribution is 2.31. The van der Waals surface area contributed by atoms with Crippen molar-refractivity contribution in [3.8, 4) is 0 Å². The van der Waals surface area contributed by atoms with Crippen LogP contribution in [0.4, 0.5) is 0 Å². The van der Waals surface area contributed by atoms with Gasteiger partial charge in [0.2, 0.25) is 0 Å². The van der Waals surface area contributed by atoms with Crippen molar-refractivity contribution in [2.75, 3.05) is 0 Å². The molecule has 0 heteroatoms. The molecule has 0 saturated heterocycles. The summed E-state index contributed by atoms with van der Waals surface area (Å²) in [7, 11) is 0. The first-order chi connectivity index (χ1) is 7.25. The van der Waals surface area contributed by atoms with Crippen molar-refractivity contribution in [2.45, 2.75) is 52.4 Å². The summed E-state index contributed by atoms with van der Waals surface area (Å²) >= 11 is 0. The summed E-state index contributed by atoms with van der Waals surface area (Å²) in [6.07, 6.45) is 8.58. The van der Waals surface area contributed by atoms with E-state index in [9.17, 15) is 0 Å². The minimum absolute atomic E-state index is 1.07. The first-order valence-corrected chi connectivity index (χ1v) is 6.32. The van der Waals surface area contributed by atoms with Crippen LogP contribution in [-0.2, 0) is 6.42 Å². The predicted octanol–water partition coefficient (Wildman–Crippen LogP) is 4.43. The molecule has 0 aromatic heterocycles. The Balaban J connectivity index is 1.81. The zero-order valence-electron chi connectivity index (χ0n) is 10.1. The molecule has 0 unspecified atom stereocenters. The van der Waals surface area contributed by atoms with Crippen LogP contribution < -0.4 is 0 Å². The molecule has 0 amide bonds. The smallest absolute Gasteiger partial charge is 0.0276 e. The van der Waals surface area contributed by atoms with Crippen LogP contribution in [0.1, 0.15) is 48.8 Å². The quantitative estimate of drug-likeness (QED) is 0.677. The molecule has 0 aliphatic heterocycles. The number of hydrogen-bond acceptors (Lipinski definition) is 0. The molecule has 15 heavy (non-hydrogen) atoms. The lowest BCUT2D eigenvalue weighted by Crippen LogP contribution is -2.10. The SMILES string of the molecule is Cc1ccc(CCCC2CCC2)c(C)c1. The van der Waals surface area contributed by atoms with Crippen LogP contribution in [0.2, 0.25) is 0 Å². The maximum absolute atomic E-state index is 2.31. The van der Waals surface area contributed by atoms with Gasteiger partial charge < -0.3 is 0 Å². The first kappa shape index (κ1) is 10.7.